The molecule has 8 atom stereocenters. The van der Waals surface area contributed by atoms with E-state index in [4.69, 9.17) is 27.9 Å². The molecule has 14 heavy (non-hydrogen) atoms. The van der Waals surface area contributed by atoms with E-state index < -0.39 is 0 Å². The second kappa shape index (κ2) is 1.78. The first kappa shape index (κ1) is 7.76. The molecule has 0 radical (unpaired) electrons. The first-order valence-electron chi connectivity index (χ1n) is 5.70. The molecule has 0 unspecified atom stereocenters. The Balaban J connectivity index is 1.86. The van der Waals surface area contributed by atoms with Gasteiger partial charge in [-0.1, -0.05) is 23.2 Å². The highest BCUT2D eigenvalue weighted by molar-refractivity contribution is 6.27. The summed E-state index contributed by atoms with van der Waals surface area (Å²) in [6.07, 6.45) is 3.56. The summed E-state index contributed by atoms with van der Waals surface area (Å²) in [4.78, 5) is 0. The molecule has 5 aliphatic rings. The van der Waals surface area contributed by atoms with Crippen LogP contribution < -0.4 is 0 Å². The molecule has 2 bridgehead atoms. The fourth-order valence-corrected chi connectivity index (χ4v) is 7.12. The van der Waals surface area contributed by atoms with Crippen LogP contribution in [0.5, 0.6) is 0 Å². The molecule has 1 nitrogen and oxygen atoms in total. The standard InChI is InChI=1S/C11H12Cl2O/c12-10-2-6-4-1-5-7(6)3-11(13,14-10)9(5)8(4)10/h4-9H,1-3H2/t4-,5+,6+,7-,8-,9+,10-,11+. The molecule has 0 amide bonds. The van der Waals surface area contributed by atoms with Gasteiger partial charge in [0.1, 0.15) is 10.1 Å². The van der Waals surface area contributed by atoms with Gasteiger partial charge in [-0.2, -0.15) is 0 Å². The molecule has 76 valence electrons. The summed E-state index contributed by atoms with van der Waals surface area (Å²) in [5.41, 5.74) is 0. The van der Waals surface area contributed by atoms with Crippen LogP contribution in [0, 0.1) is 35.5 Å². The smallest absolute Gasteiger partial charge is 0.147 e. The fourth-order valence-electron chi connectivity index (χ4n) is 5.85. The van der Waals surface area contributed by atoms with Gasteiger partial charge in [-0.05, 0) is 42.9 Å². The van der Waals surface area contributed by atoms with Crippen molar-refractivity contribution in [2.75, 3.05) is 0 Å². The lowest BCUT2D eigenvalue weighted by molar-refractivity contribution is -0.0159. The Hall–Kier alpha value is 0.540. The Morgan fingerprint density at radius 3 is 1.86 bits per heavy atom. The normalized spacial score (nSPS) is 81.0. The van der Waals surface area contributed by atoms with E-state index in [1.54, 1.807) is 0 Å². The van der Waals surface area contributed by atoms with Gasteiger partial charge in [0.25, 0.3) is 0 Å². The van der Waals surface area contributed by atoms with Crippen LogP contribution in [0.1, 0.15) is 19.3 Å². The summed E-state index contributed by atoms with van der Waals surface area (Å²) in [5.74, 6) is 4.60. The lowest BCUT2D eigenvalue weighted by Gasteiger charge is -2.24. The molecule has 4 aliphatic carbocycles. The number of rotatable bonds is 0. The summed E-state index contributed by atoms with van der Waals surface area (Å²) >= 11 is 13.2. The van der Waals surface area contributed by atoms with Gasteiger partial charge in [-0.25, -0.2) is 0 Å². The summed E-state index contributed by atoms with van der Waals surface area (Å²) in [7, 11) is 0. The monoisotopic (exact) mass is 230 g/mol. The molecule has 3 heteroatoms. The number of alkyl halides is 2. The van der Waals surface area contributed by atoms with Gasteiger partial charge in [0.05, 0.1) is 0 Å². The maximum Gasteiger partial charge on any atom is 0.147 e. The zero-order valence-electron chi connectivity index (χ0n) is 7.75. The quantitative estimate of drug-likeness (QED) is 0.582. The largest absolute Gasteiger partial charge is 0.337 e. The summed E-state index contributed by atoms with van der Waals surface area (Å²) < 4.78 is 6.04. The molecule has 1 heterocycles. The number of halogens is 2. The van der Waals surface area contributed by atoms with Crippen LogP contribution in [0.3, 0.4) is 0 Å². The van der Waals surface area contributed by atoms with Crippen molar-refractivity contribution in [2.45, 2.75) is 29.4 Å². The molecule has 0 aromatic heterocycles. The van der Waals surface area contributed by atoms with Crippen LogP contribution in [0.4, 0.5) is 0 Å². The highest BCUT2D eigenvalue weighted by Gasteiger charge is 2.82. The Morgan fingerprint density at radius 2 is 1.36 bits per heavy atom. The molecular formula is C11H12Cl2O. The predicted octanol–water partition coefficient (Wildman–Crippen LogP) is 2.81. The molecular weight excluding hydrogens is 219 g/mol. The zero-order chi connectivity index (χ0) is 9.29. The van der Waals surface area contributed by atoms with Gasteiger partial charge in [-0.3, -0.25) is 0 Å². The van der Waals surface area contributed by atoms with Gasteiger partial charge < -0.3 is 4.74 Å². The molecule has 0 aromatic carbocycles. The first-order chi connectivity index (χ1) is 6.62. The van der Waals surface area contributed by atoms with Crippen LogP contribution in [0.15, 0.2) is 0 Å². The molecule has 4 saturated carbocycles. The summed E-state index contributed by atoms with van der Waals surface area (Å²) in [5, 5.41) is -0.719. The van der Waals surface area contributed by atoms with Gasteiger partial charge in [-0.15, -0.1) is 0 Å². The van der Waals surface area contributed by atoms with Crippen LogP contribution in [-0.2, 0) is 4.74 Å². The van der Waals surface area contributed by atoms with Crippen LogP contribution >= 0.6 is 23.2 Å². The Morgan fingerprint density at radius 1 is 0.857 bits per heavy atom. The Labute approximate surface area is 93.1 Å². The van der Waals surface area contributed by atoms with Crippen LogP contribution in [-0.4, -0.2) is 10.1 Å². The van der Waals surface area contributed by atoms with Crippen molar-refractivity contribution in [1.82, 2.24) is 0 Å². The molecule has 5 rings (SSSR count). The topological polar surface area (TPSA) is 9.23 Å². The minimum absolute atomic E-state index is 0.359. The van der Waals surface area contributed by atoms with E-state index >= 15 is 0 Å². The van der Waals surface area contributed by atoms with Crippen LogP contribution in [0.2, 0.25) is 0 Å². The van der Waals surface area contributed by atoms with Crippen molar-refractivity contribution in [3.63, 3.8) is 0 Å². The molecule has 0 aromatic rings. The molecule has 1 aliphatic heterocycles. The third-order valence-corrected chi connectivity index (χ3v) is 6.83. The Kier molecular flexibility index (Phi) is 0.989. The number of ether oxygens (including phenoxy) is 1. The average molecular weight is 231 g/mol. The van der Waals surface area contributed by atoms with Gasteiger partial charge in [0, 0.05) is 11.8 Å². The van der Waals surface area contributed by atoms with Crippen molar-refractivity contribution in [1.29, 1.82) is 0 Å². The molecule has 1 saturated heterocycles. The minimum atomic E-state index is -0.359. The number of hydrogen-bond acceptors (Lipinski definition) is 1. The van der Waals surface area contributed by atoms with E-state index in [0.717, 1.165) is 36.5 Å². The van der Waals surface area contributed by atoms with Gasteiger partial charge in [0.15, 0.2) is 0 Å². The molecule has 0 spiro atoms. The first-order valence-corrected chi connectivity index (χ1v) is 6.46. The van der Waals surface area contributed by atoms with Crippen LogP contribution in [0.25, 0.3) is 0 Å². The van der Waals surface area contributed by atoms with Crippen molar-refractivity contribution in [2.24, 2.45) is 35.5 Å². The van der Waals surface area contributed by atoms with E-state index in [1.165, 1.54) is 6.42 Å². The van der Waals surface area contributed by atoms with Crippen molar-refractivity contribution < 1.29 is 4.74 Å². The van der Waals surface area contributed by atoms with E-state index in [2.05, 4.69) is 0 Å². The van der Waals surface area contributed by atoms with Gasteiger partial charge in [0.2, 0.25) is 0 Å². The maximum absolute atomic E-state index is 6.62. The summed E-state index contributed by atoms with van der Waals surface area (Å²) in [6, 6.07) is 0. The minimum Gasteiger partial charge on any atom is -0.337 e. The average Bonchev–Trinajstić information content (AvgIpc) is 2.69. The maximum atomic E-state index is 6.62. The second-order valence-corrected chi connectivity index (χ2v) is 7.30. The number of hydrogen-bond donors (Lipinski definition) is 0. The third kappa shape index (κ3) is 0.522. The SMILES string of the molecule is Cl[C@]12C[C@@H]3[C@@H]4C[C@](Cl)(O1)[C@H]1[C@H]4C[C@H]3[C@H]12. The van der Waals surface area contributed by atoms with E-state index in [0.29, 0.717) is 11.8 Å². The van der Waals surface area contributed by atoms with E-state index in [-0.39, 0.29) is 10.1 Å². The van der Waals surface area contributed by atoms with E-state index in [1.807, 2.05) is 0 Å². The lowest BCUT2D eigenvalue weighted by Crippen LogP contribution is -2.27. The van der Waals surface area contributed by atoms with Crippen molar-refractivity contribution in [3.8, 4) is 0 Å². The van der Waals surface area contributed by atoms with E-state index in [9.17, 15) is 0 Å². The zero-order valence-corrected chi connectivity index (χ0v) is 9.26. The van der Waals surface area contributed by atoms with Crippen molar-refractivity contribution in [3.05, 3.63) is 0 Å². The summed E-state index contributed by atoms with van der Waals surface area (Å²) in [6.45, 7) is 0. The predicted molar refractivity (Wildman–Crippen MR) is 53.0 cm³/mol. The highest BCUT2D eigenvalue weighted by atomic mass is 35.5. The molecule has 0 N–H and O–H groups in total. The number of fused-ring (bicyclic) bond motifs is 1. The third-order valence-electron chi connectivity index (χ3n) is 5.87. The highest BCUT2D eigenvalue weighted by Crippen LogP contribution is 2.82. The fraction of sp³-hybridized carbons (Fsp3) is 1.00. The van der Waals surface area contributed by atoms with Gasteiger partial charge >= 0.3 is 0 Å². The Bertz CT molecular complexity index is 323. The second-order valence-electron chi connectivity index (χ2n) is 6.03. The lowest BCUT2D eigenvalue weighted by atomic mass is 9.80. The molecule has 5 fully saturated rings. The van der Waals surface area contributed by atoms with Crippen molar-refractivity contribution >= 4 is 23.2 Å².